The fourth-order valence-corrected chi connectivity index (χ4v) is 3.59. The van der Waals surface area contributed by atoms with Crippen LogP contribution in [0.5, 0.6) is 5.75 Å². The molecule has 2 rings (SSSR count). The topological polar surface area (TPSA) is 26.3 Å². The summed E-state index contributed by atoms with van der Waals surface area (Å²) in [6, 6.07) is 12.7. The number of hydrogen-bond donors (Lipinski definition) is 0. The van der Waals surface area contributed by atoms with Crippen LogP contribution in [-0.2, 0) is 0 Å². The summed E-state index contributed by atoms with van der Waals surface area (Å²) in [6.45, 7) is 2.84. The monoisotopic (exact) mass is 362 g/mol. The molecule has 0 aliphatic carbocycles. The molecule has 0 spiro atoms. The Labute approximate surface area is 160 Å². The van der Waals surface area contributed by atoms with Gasteiger partial charge in [0.1, 0.15) is 5.75 Å². The molecule has 0 radical (unpaired) electrons. The van der Waals surface area contributed by atoms with Crippen LogP contribution >= 0.6 is 31.8 Å². The molecule has 0 heterocycles. The average molecular weight is 363 g/mol. The minimum atomic E-state index is -0.0600. The van der Waals surface area contributed by atoms with Crippen molar-refractivity contribution in [1.82, 2.24) is 0 Å². The molecule has 0 N–H and O–H groups in total. The van der Waals surface area contributed by atoms with Gasteiger partial charge in [0.15, 0.2) is 5.52 Å². The van der Waals surface area contributed by atoms with E-state index < -0.39 is 0 Å². The van der Waals surface area contributed by atoms with Gasteiger partial charge in [-0.25, -0.2) is 0 Å². The van der Waals surface area contributed by atoms with Gasteiger partial charge in [-0.3, -0.25) is 4.79 Å². The molecule has 0 aromatic heterocycles. The number of hydrogen-bond acceptors (Lipinski definition) is 2. The van der Waals surface area contributed by atoms with Crippen molar-refractivity contribution in [2.24, 2.45) is 0 Å². The van der Waals surface area contributed by atoms with Crippen molar-refractivity contribution in [1.29, 1.82) is 0 Å². The van der Waals surface area contributed by atoms with E-state index in [9.17, 15) is 4.79 Å². The quantitative estimate of drug-likeness (QED) is 0.406. The van der Waals surface area contributed by atoms with Crippen LogP contribution in [0.3, 0.4) is 0 Å². The zero-order valence-electron chi connectivity index (χ0n) is 12.2. The number of unbranched alkanes of at least 4 members (excludes halogenated alkanes) is 1. The van der Waals surface area contributed by atoms with Crippen LogP contribution in [0.25, 0.3) is 0 Å². The Morgan fingerprint density at radius 1 is 1.09 bits per heavy atom. The van der Waals surface area contributed by atoms with Crippen LogP contribution in [0.1, 0.15) is 30.1 Å². The minimum absolute atomic E-state index is 0. The van der Waals surface area contributed by atoms with Gasteiger partial charge in [0.25, 0.3) is 0 Å². The van der Waals surface area contributed by atoms with Crippen molar-refractivity contribution in [3.63, 3.8) is 0 Å². The summed E-state index contributed by atoms with van der Waals surface area (Å²) in [5.41, 5.74) is 0.336. The van der Waals surface area contributed by atoms with Crippen LogP contribution < -0.4 is 10.0 Å². The number of ether oxygens (including phenoxy) is 1. The van der Waals surface area contributed by atoms with Gasteiger partial charge in [-0.15, -0.1) is 0 Å². The number of rotatable bonds is 7. The summed E-state index contributed by atoms with van der Waals surface area (Å²) in [4.78, 5) is 12.4. The first-order valence-corrected chi connectivity index (χ1v) is 8.85. The van der Waals surface area contributed by atoms with E-state index in [1.165, 1.54) is 0 Å². The molecule has 0 amide bonds. The first-order valence-electron chi connectivity index (χ1n) is 7.10. The van der Waals surface area contributed by atoms with Crippen LogP contribution in [-0.4, -0.2) is 31.0 Å². The Kier molecular flexibility index (Phi) is 9.29. The number of carbonyl (C=O) groups is 1. The molecule has 118 valence electrons. The van der Waals surface area contributed by atoms with Gasteiger partial charge in [-0.1, -0.05) is 54.7 Å². The Morgan fingerprint density at radius 3 is 2.26 bits per heavy atom. The van der Waals surface area contributed by atoms with Crippen LogP contribution in [0.4, 0.5) is 0 Å². The van der Waals surface area contributed by atoms with E-state index in [2.05, 4.69) is 6.92 Å². The Bertz CT molecular complexity index is 627. The van der Waals surface area contributed by atoms with Gasteiger partial charge in [0.2, 0.25) is 0 Å². The predicted molar refractivity (Wildman–Crippen MR) is 103 cm³/mol. The second-order valence-corrected chi connectivity index (χ2v) is 6.87. The molecule has 1 unspecified atom stereocenters. The summed E-state index contributed by atoms with van der Waals surface area (Å²) in [6.07, 6.45) is 2.14. The standard InChI is InChI=1S/C17H17Cl2O2P.Li.H/c1-2-3-11-21-12-7-9-13(10-8-12)22-17(20)16-14(18)5-4-6-15(16)19;;/h4-10,22H,2-3,11H2,1H3;;. The molecule has 0 saturated heterocycles. The molecule has 0 fully saturated rings. The Balaban J connectivity index is 0.00000264. The third kappa shape index (κ3) is 6.15. The summed E-state index contributed by atoms with van der Waals surface area (Å²) in [5, 5.41) is 1.72. The predicted octanol–water partition coefficient (Wildman–Crippen LogP) is 4.67. The molecule has 0 saturated carbocycles. The normalized spacial score (nSPS) is 10.6. The molecule has 0 aliphatic heterocycles. The van der Waals surface area contributed by atoms with Gasteiger partial charge < -0.3 is 4.74 Å². The average Bonchev–Trinajstić information content (AvgIpc) is 2.49. The zero-order chi connectivity index (χ0) is 15.9. The summed E-state index contributed by atoms with van der Waals surface area (Å²) < 4.78 is 5.61. The summed E-state index contributed by atoms with van der Waals surface area (Å²) in [5.74, 6) is 0.824. The second-order valence-electron chi connectivity index (χ2n) is 4.78. The molecular formula is C17H18Cl2LiO2P. The molecule has 23 heavy (non-hydrogen) atoms. The van der Waals surface area contributed by atoms with Crippen LogP contribution in [0.15, 0.2) is 42.5 Å². The van der Waals surface area contributed by atoms with E-state index in [-0.39, 0.29) is 33.0 Å². The van der Waals surface area contributed by atoms with E-state index in [0.29, 0.717) is 22.2 Å². The third-order valence-electron chi connectivity index (χ3n) is 3.07. The van der Waals surface area contributed by atoms with Crippen molar-refractivity contribution in [2.75, 3.05) is 6.61 Å². The van der Waals surface area contributed by atoms with E-state index >= 15 is 0 Å². The van der Waals surface area contributed by atoms with E-state index in [1.54, 1.807) is 18.2 Å². The van der Waals surface area contributed by atoms with Gasteiger partial charge >= 0.3 is 18.9 Å². The Hall–Kier alpha value is -0.483. The molecule has 1 atom stereocenters. The van der Waals surface area contributed by atoms with Gasteiger partial charge in [0.05, 0.1) is 22.2 Å². The van der Waals surface area contributed by atoms with E-state index in [0.717, 1.165) is 23.9 Å². The van der Waals surface area contributed by atoms with Crippen molar-refractivity contribution in [3.05, 3.63) is 58.1 Å². The molecule has 0 aliphatic rings. The molecule has 2 nitrogen and oxygen atoms in total. The molecule has 6 heteroatoms. The van der Waals surface area contributed by atoms with Gasteiger partial charge in [-0.2, -0.15) is 0 Å². The fraction of sp³-hybridized carbons (Fsp3) is 0.235. The SMILES string of the molecule is CCCCOc1ccc(PC(=O)c2c(Cl)cccc2Cl)cc1.[LiH]. The number of carbonyl (C=O) groups excluding carboxylic acids is 1. The van der Waals surface area contributed by atoms with Gasteiger partial charge in [-0.05, 0) is 44.6 Å². The maximum atomic E-state index is 12.4. The maximum absolute atomic E-state index is 12.4. The fourth-order valence-electron chi connectivity index (χ4n) is 1.88. The first-order chi connectivity index (χ1) is 10.6. The van der Waals surface area contributed by atoms with Crippen molar-refractivity contribution in [3.8, 4) is 5.75 Å². The van der Waals surface area contributed by atoms with Crippen LogP contribution in [0, 0.1) is 0 Å². The van der Waals surface area contributed by atoms with E-state index in [4.69, 9.17) is 27.9 Å². The third-order valence-corrected chi connectivity index (χ3v) is 4.80. The molecule has 2 aromatic rings. The zero-order valence-corrected chi connectivity index (χ0v) is 14.7. The number of benzene rings is 2. The second kappa shape index (κ2) is 10.4. The summed E-state index contributed by atoms with van der Waals surface area (Å²) >= 11 is 12.1. The molecular weight excluding hydrogens is 345 g/mol. The number of halogens is 2. The molecule has 0 bridgehead atoms. The summed E-state index contributed by atoms with van der Waals surface area (Å²) in [7, 11) is -0.0161. The first kappa shape index (κ1) is 20.6. The molecule has 2 aromatic carbocycles. The van der Waals surface area contributed by atoms with E-state index in [1.807, 2.05) is 24.3 Å². The van der Waals surface area contributed by atoms with Crippen molar-refractivity contribution in [2.45, 2.75) is 19.8 Å². The van der Waals surface area contributed by atoms with Gasteiger partial charge in [0, 0.05) is 0 Å². The van der Waals surface area contributed by atoms with Crippen LogP contribution in [0.2, 0.25) is 10.0 Å². The van der Waals surface area contributed by atoms with Crippen molar-refractivity contribution < 1.29 is 9.53 Å². The van der Waals surface area contributed by atoms with Crippen molar-refractivity contribution >= 4 is 61.5 Å². The Morgan fingerprint density at radius 2 is 1.70 bits per heavy atom.